The number of hydrogen-bond acceptors (Lipinski definition) is 4. The SMILES string of the molecule is Nc1cc(F)c(Sc2ccc3c(c2)OCCCO3)c(F)c1. The molecule has 3 rings (SSSR count). The minimum Gasteiger partial charge on any atom is -0.490 e. The number of benzene rings is 2. The van der Waals surface area contributed by atoms with E-state index in [1.54, 1.807) is 18.2 Å². The number of hydrogen-bond donors (Lipinski definition) is 1. The molecular weight excluding hydrogens is 296 g/mol. The van der Waals surface area contributed by atoms with Crippen molar-refractivity contribution in [3.05, 3.63) is 42.0 Å². The second-order valence-corrected chi connectivity index (χ2v) is 5.66. The summed E-state index contributed by atoms with van der Waals surface area (Å²) in [7, 11) is 0. The molecule has 2 aromatic carbocycles. The van der Waals surface area contributed by atoms with E-state index in [4.69, 9.17) is 15.2 Å². The summed E-state index contributed by atoms with van der Waals surface area (Å²) >= 11 is 0.988. The summed E-state index contributed by atoms with van der Waals surface area (Å²) in [6, 6.07) is 7.42. The van der Waals surface area contributed by atoms with Crippen LogP contribution in [0.2, 0.25) is 0 Å². The van der Waals surface area contributed by atoms with Gasteiger partial charge in [0.05, 0.1) is 18.1 Å². The fraction of sp³-hybridized carbons (Fsp3) is 0.200. The van der Waals surface area contributed by atoms with Crippen molar-refractivity contribution >= 4 is 17.4 Å². The summed E-state index contributed by atoms with van der Waals surface area (Å²) in [5.74, 6) is -0.113. The van der Waals surface area contributed by atoms with Crippen molar-refractivity contribution in [1.82, 2.24) is 0 Å². The van der Waals surface area contributed by atoms with E-state index in [1.807, 2.05) is 0 Å². The van der Waals surface area contributed by atoms with Crippen LogP contribution in [0, 0.1) is 11.6 Å². The number of rotatable bonds is 2. The monoisotopic (exact) mass is 309 g/mol. The van der Waals surface area contributed by atoms with Crippen molar-refractivity contribution in [1.29, 1.82) is 0 Å². The smallest absolute Gasteiger partial charge is 0.162 e. The largest absolute Gasteiger partial charge is 0.490 e. The first-order valence-electron chi connectivity index (χ1n) is 6.45. The molecule has 0 spiro atoms. The van der Waals surface area contributed by atoms with Gasteiger partial charge in [-0.1, -0.05) is 11.8 Å². The molecule has 0 amide bonds. The van der Waals surface area contributed by atoms with E-state index in [0.29, 0.717) is 29.6 Å². The average Bonchev–Trinajstić information content (AvgIpc) is 2.67. The first-order chi connectivity index (χ1) is 10.1. The first-order valence-corrected chi connectivity index (χ1v) is 7.27. The van der Waals surface area contributed by atoms with Crippen molar-refractivity contribution in [2.24, 2.45) is 0 Å². The summed E-state index contributed by atoms with van der Waals surface area (Å²) in [5.41, 5.74) is 5.47. The van der Waals surface area contributed by atoms with Crippen LogP contribution in [0.4, 0.5) is 14.5 Å². The minimum absolute atomic E-state index is 0.0630. The standard InChI is InChI=1S/C15H13F2NO2S/c16-11-6-9(18)7-12(17)15(11)21-10-2-3-13-14(8-10)20-5-1-4-19-13/h2-3,6-8H,1,4-5,18H2. The molecule has 2 aromatic rings. The molecule has 3 nitrogen and oxygen atoms in total. The number of fused-ring (bicyclic) bond motifs is 1. The Bertz CT molecular complexity index is 656. The van der Waals surface area contributed by atoms with E-state index in [9.17, 15) is 8.78 Å². The van der Waals surface area contributed by atoms with Crippen molar-refractivity contribution in [2.75, 3.05) is 18.9 Å². The highest BCUT2D eigenvalue weighted by atomic mass is 32.2. The van der Waals surface area contributed by atoms with Gasteiger partial charge >= 0.3 is 0 Å². The molecule has 0 aliphatic carbocycles. The van der Waals surface area contributed by atoms with Crippen molar-refractivity contribution in [3.63, 3.8) is 0 Å². The van der Waals surface area contributed by atoms with Gasteiger partial charge in [0.15, 0.2) is 11.5 Å². The highest BCUT2D eigenvalue weighted by molar-refractivity contribution is 7.99. The molecule has 21 heavy (non-hydrogen) atoms. The molecule has 0 saturated carbocycles. The van der Waals surface area contributed by atoms with Gasteiger partial charge in [0.2, 0.25) is 0 Å². The van der Waals surface area contributed by atoms with Crippen LogP contribution >= 0.6 is 11.8 Å². The van der Waals surface area contributed by atoms with Crippen LogP contribution < -0.4 is 15.2 Å². The van der Waals surface area contributed by atoms with Gasteiger partial charge in [-0.25, -0.2) is 8.78 Å². The molecule has 1 aliphatic heterocycles. The molecule has 0 bridgehead atoms. The second-order valence-electron chi connectivity index (χ2n) is 4.57. The van der Waals surface area contributed by atoms with E-state index in [0.717, 1.165) is 30.3 Å². The molecule has 0 atom stereocenters. The Morgan fingerprint density at radius 1 is 0.952 bits per heavy atom. The Morgan fingerprint density at radius 2 is 1.62 bits per heavy atom. The molecule has 1 aliphatic rings. The Labute approximate surface area is 125 Å². The number of anilines is 1. The van der Waals surface area contributed by atoms with E-state index >= 15 is 0 Å². The van der Waals surface area contributed by atoms with Gasteiger partial charge in [0, 0.05) is 17.0 Å². The topological polar surface area (TPSA) is 44.5 Å². The molecule has 0 saturated heterocycles. The predicted octanol–water partition coefficient (Wildman–Crippen LogP) is 3.86. The van der Waals surface area contributed by atoms with Gasteiger partial charge in [-0.3, -0.25) is 0 Å². The molecular formula is C15H13F2NO2S. The zero-order valence-electron chi connectivity index (χ0n) is 11.1. The summed E-state index contributed by atoms with van der Waals surface area (Å²) in [5, 5.41) is 0. The van der Waals surface area contributed by atoms with Gasteiger partial charge < -0.3 is 15.2 Å². The van der Waals surface area contributed by atoms with Gasteiger partial charge in [-0.05, 0) is 30.3 Å². The lowest BCUT2D eigenvalue weighted by Gasteiger charge is -2.10. The van der Waals surface area contributed by atoms with E-state index < -0.39 is 11.6 Å². The number of nitrogens with two attached hydrogens (primary N) is 1. The Hall–Kier alpha value is -1.95. The Kier molecular flexibility index (Phi) is 3.88. The predicted molar refractivity (Wildman–Crippen MR) is 76.9 cm³/mol. The van der Waals surface area contributed by atoms with Crippen LogP contribution in [0.25, 0.3) is 0 Å². The van der Waals surface area contributed by atoms with Crippen molar-refractivity contribution in [2.45, 2.75) is 16.2 Å². The van der Waals surface area contributed by atoms with Crippen LogP contribution in [0.15, 0.2) is 40.1 Å². The van der Waals surface area contributed by atoms with Gasteiger partial charge in [-0.2, -0.15) is 0 Å². The van der Waals surface area contributed by atoms with Gasteiger partial charge in [0.25, 0.3) is 0 Å². The third-order valence-corrected chi connectivity index (χ3v) is 4.04. The van der Waals surface area contributed by atoms with Crippen LogP contribution in [-0.4, -0.2) is 13.2 Å². The zero-order valence-corrected chi connectivity index (χ0v) is 11.9. The van der Waals surface area contributed by atoms with Gasteiger partial charge in [-0.15, -0.1) is 0 Å². The number of nitrogen functional groups attached to an aromatic ring is 1. The first kappa shape index (κ1) is 14.0. The van der Waals surface area contributed by atoms with Crippen LogP contribution in [0.5, 0.6) is 11.5 Å². The summed E-state index contributed by atoms with van der Waals surface area (Å²) in [6.07, 6.45) is 0.804. The lowest BCUT2D eigenvalue weighted by atomic mass is 10.3. The molecule has 0 radical (unpaired) electrons. The third-order valence-electron chi connectivity index (χ3n) is 2.96. The van der Waals surface area contributed by atoms with E-state index in [2.05, 4.69) is 0 Å². The lowest BCUT2D eigenvalue weighted by molar-refractivity contribution is 0.297. The third kappa shape index (κ3) is 3.05. The summed E-state index contributed by atoms with van der Waals surface area (Å²) in [6.45, 7) is 1.16. The molecule has 110 valence electrons. The maximum Gasteiger partial charge on any atom is 0.162 e. The number of halogens is 2. The van der Waals surface area contributed by atoms with Gasteiger partial charge in [0.1, 0.15) is 11.6 Å². The Morgan fingerprint density at radius 3 is 2.33 bits per heavy atom. The minimum atomic E-state index is -0.676. The van der Waals surface area contributed by atoms with Crippen molar-refractivity contribution < 1.29 is 18.3 Å². The molecule has 1 heterocycles. The molecule has 6 heteroatoms. The fourth-order valence-electron chi connectivity index (χ4n) is 2.00. The van der Waals surface area contributed by atoms with E-state index in [1.165, 1.54) is 0 Å². The lowest BCUT2D eigenvalue weighted by Crippen LogP contribution is -1.97. The van der Waals surface area contributed by atoms with Crippen LogP contribution in [0.3, 0.4) is 0 Å². The second kappa shape index (κ2) is 5.81. The summed E-state index contributed by atoms with van der Waals surface area (Å²) in [4.78, 5) is 0.584. The maximum atomic E-state index is 13.8. The normalized spacial score (nSPS) is 13.8. The fourth-order valence-corrected chi connectivity index (χ4v) is 2.85. The number of ether oxygens (including phenoxy) is 2. The van der Waals surface area contributed by atoms with Crippen LogP contribution in [-0.2, 0) is 0 Å². The molecule has 0 fully saturated rings. The zero-order chi connectivity index (χ0) is 14.8. The van der Waals surface area contributed by atoms with Crippen molar-refractivity contribution in [3.8, 4) is 11.5 Å². The molecule has 0 unspecified atom stereocenters. The highest BCUT2D eigenvalue weighted by Crippen LogP contribution is 2.38. The summed E-state index contributed by atoms with van der Waals surface area (Å²) < 4.78 is 38.7. The Balaban J connectivity index is 1.90. The van der Waals surface area contributed by atoms with Crippen LogP contribution in [0.1, 0.15) is 6.42 Å². The molecule has 2 N–H and O–H groups in total. The van der Waals surface area contributed by atoms with E-state index in [-0.39, 0.29) is 10.6 Å². The highest BCUT2D eigenvalue weighted by Gasteiger charge is 2.15. The molecule has 0 aromatic heterocycles. The maximum absolute atomic E-state index is 13.8. The quantitative estimate of drug-likeness (QED) is 0.856. The average molecular weight is 309 g/mol.